The van der Waals surface area contributed by atoms with Crippen LogP contribution in [-0.2, 0) is 20.9 Å². The third-order valence-electron chi connectivity index (χ3n) is 7.70. The Morgan fingerprint density at radius 1 is 1.11 bits per heavy atom. The molecule has 0 bridgehead atoms. The van der Waals surface area contributed by atoms with Crippen molar-refractivity contribution in [3.63, 3.8) is 0 Å². The number of nitrogens with one attached hydrogen (secondary N) is 3. The lowest BCUT2D eigenvalue weighted by molar-refractivity contribution is -0.137. The molecule has 1 unspecified atom stereocenters. The highest BCUT2D eigenvalue weighted by Crippen LogP contribution is 2.36. The number of hydrogen-bond acceptors (Lipinski definition) is 7. The summed E-state index contributed by atoms with van der Waals surface area (Å²) in [5, 5.41) is 16.5. The second-order valence-corrected chi connectivity index (χ2v) is 9.94. The number of fused-ring (bicyclic) bond motifs is 2. The topological polar surface area (TPSA) is 155 Å². The smallest absolute Gasteiger partial charge is 0.273 e. The Hall–Kier alpha value is -4.09. The molecular weight excluding hydrogens is 466 g/mol. The maximum atomic E-state index is 13.0. The Morgan fingerprint density at radius 3 is 2.81 bits per heavy atom. The fraction of sp³-hybridized carbons (Fsp3) is 0.458. The van der Waals surface area contributed by atoms with E-state index in [-0.39, 0.29) is 54.8 Å². The van der Waals surface area contributed by atoms with Crippen LogP contribution in [0.1, 0.15) is 71.4 Å². The number of benzene rings is 1. The van der Waals surface area contributed by atoms with Crippen molar-refractivity contribution in [1.29, 1.82) is 0 Å². The lowest BCUT2D eigenvalue weighted by Crippen LogP contribution is -2.57. The summed E-state index contributed by atoms with van der Waals surface area (Å²) >= 11 is 0. The molecular formula is C24H25N7O5. The second-order valence-electron chi connectivity index (χ2n) is 9.94. The maximum Gasteiger partial charge on any atom is 0.273 e. The number of imide groups is 1. The van der Waals surface area contributed by atoms with E-state index in [1.165, 1.54) is 15.8 Å². The van der Waals surface area contributed by atoms with Crippen LogP contribution in [0.25, 0.3) is 5.69 Å². The van der Waals surface area contributed by atoms with Crippen molar-refractivity contribution in [3.05, 3.63) is 41.2 Å². The molecule has 12 nitrogen and oxygen atoms in total. The molecule has 1 saturated carbocycles. The van der Waals surface area contributed by atoms with Crippen molar-refractivity contribution >= 4 is 29.5 Å². The van der Waals surface area contributed by atoms with Gasteiger partial charge in [-0.1, -0.05) is 18.1 Å². The van der Waals surface area contributed by atoms with Crippen molar-refractivity contribution in [1.82, 2.24) is 35.8 Å². The van der Waals surface area contributed by atoms with Gasteiger partial charge in [0.05, 0.1) is 29.9 Å². The highest BCUT2D eigenvalue weighted by atomic mass is 16.2. The maximum absolute atomic E-state index is 13.0. The van der Waals surface area contributed by atoms with E-state index in [4.69, 9.17) is 0 Å². The molecule has 36 heavy (non-hydrogen) atoms. The van der Waals surface area contributed by atoms with Gasteiger partial charge in [-0.15, -0.1) is 5.10 Å². The van der Waals surface area contributed by atoms with Crippen molar-refractivity contribution < 1.29 is 24.0 Å². The van der Waals surface area contributed by atoms with Crippen LogP contribution in [0.2, 0.25) is 0 Å². The van der Waals surface area contributed by atoms with Crippen LogP contribution in [-0.4, -0.2) is 67.1 Å². The van der Waals surface area contributed by atoms with Crippen molar-refractivity contribution in [3.8, 4) is 5.69 Å². The average molecular weight is 492 g/mol. The largest absolute Gasteiger partial charge is 0.351 e. The van der Waals surface area contributed by atoms with Gasteiger partial charge >= 0.3 is 0 Å². The molecule has 3 aliphatic heterocycles. The first-order valence-electron chi connectivity index (χ1n) is 12.2. The van der Waals surface area contributed by atoms with E-state index < -0.39 is 17.5 Å². The number of carbonyl (C=O) groups excluding carboxylic acids is 5. The minimum absolute atomic E-state index is 0.0510. The van der Waals surface area contributed by atoms with Gasteiger partial charge in [0.25, 0.3) is 11.8 Å². The summed E-state index contributed by atoms with van der Waals surface area (Å²) in [7, 11) is 0. The molecule has 5 amide bonds. The van der Waals surface area contributed by atoms with E-state index in [9.17, 15) is 24.0 Å². The van der Waals surface area contributed by atoms with Gasteiger partial charge in [0, 0.05) is 18.5 Å². The van der Waals surface area contributed by atoms with Crippen LogP contribution < -0.4 is 16.0 Å². The Bertz CT molecular complexity index is 1320. The lowest BCUT2D eigenvalue weighted by atomic mass is 9.78. The Labute approximate surface area is 205 Å². The highest BCUT2D eigenvalue weighted by molar-refractivity contribution is 6.05. The summed E-state index contributed by atoms with van der Waals surface area (Å²) in [6, 6.07) is 4.40. The number of rotatable bonds is 4. The number of carbonyl (C=O) groups is 5. The quantitative estimate of drug-likeness (QED) is 0.507. The average Bonchev–Trinajstić information content (AvgIpc) is 3.54. The molecule has 186 valence electrons. The van der Waals surface area contributed by atoms with E-state index in [0.29, 0.717) is 17.7 Å². The normalized spacial score (nSPS) is 27.4. The minimum atomic E-state index is -0.687. The van der Waals surface area contributed by atoms with Crippen molar-refractivity contribution in [2.24, 2.45) is 0 Å². The monoisotopic (exact) mass is 491 g/mol. The second kappa shape index (κ2) is 8.25. The van der Waals surface area contributed by atoms with Crippen molar-refractivity contribution in [2.45, 2.75) is 69.1 Å². The summed E-state index contributed by atoms with van der Waals surface area (Å²) in [5.41, 5.74) is 1.37. The number of aromatic nitrogens is 3. The molecule has 2 saturated heterocycles. The Morgan fingerprint density at radius 2 is 1.97 bits per heavy atom. The van der Waals surface area contributed by atoms with Crippen LogP contribution in [0, 0.1) is 0 Å². The number of nitrogens with zero attached hydrogens (tertiary/aromatic N) is 4. The fourth-order valence-corrected chi connectivity index (χ4v) is 5.87. The molecule has 2 aromatic rings. The third-order valence-corrected chi connectivity index (χ3v) is 7.70. The molecule has 6 rings (SSSR count). The molecule has 4 heterocycles. The van der Waals surface area contributed by atoms with Crippen LogP contribution >= 0.6 is 0 Å². The summed E-state index contributed by atoms with van der Waals surface area (Å²) in [5.74, 6) is -1.48. The van der Waals surface area contributed by atoms with E-state index in [0.717, 1.165) is 31.2 Å². The molecule has 1 aromatic carbocycles. The van der Waals surface area contributed by atoms with Gasteiger partial charge < -0.3 is 15.5 Å². The number of piperidine rings is 1. The summed E-state index contributed by atoms with van der Waals surface area (Å²) in [4.78, 5) is 63.2. The third kappa shape index (κ3) is 3.64. The van der Waals surface area contributed by atoms with Gasteiger partial charge in [-0.3, -0.25) is 29.3 Å². The van der Waals surface area contributed by atoms with Crippen LogP contribution in [0.5, 0.6) is 0 Å². The van der Waals surface area contributed by atoms with Gasteiger partial charge in [0.15, 0.2) is 5.69 Å². The number of hydrogen-bond donors (Lipinski definition) is 3. The molecule has 1 aromatic heterocycles. The van der Waals surface area contributed by atoms with Gasteiger partial charge in [0.1, 0.15) is 6.04 Å². The molecule has 0 spiro atoms. The van der Waals surface area contributed by atoms with Crippen molar-refractivity contribution in [2.75, 3.05) is 0 Å². The van der Waals surface area contributed by atoms with Gasteiger partial charge in [-0.05, 0) is 43.0 Å². The van der Waals surface area contributed by atoms with E-state index >= 15 is 0 Å². The zero-order chi connectivity index (χ0) is 25.0. The molecule has 3 atom stereocenters. The predicted octanol–water partition coefficient (Wildman–Crippen LogP) is -0.0406. The predicted molar refractivity (Wildman–Crippen MR) is 123 cm³/mol. The summed E-state index contributed by atoms with van der Waals surface area (Å²) < 4.78 is 1.46. The van der Waals surface area contributed by atoms with Gasteiger partial charge in [-0.25, -0.2) is 4.68 Å². The highest BCUT2D eigenvalue weighted by Gasteiger charge is 2.49. The molecule has 0 radical (unpaired) electrons. The van der Waals surface area contributed by atoms with Gasteiger partial charge in [0.2, 0.25) is 17.7 Å². The molecule has 4 aliphatic rings. The standard InChI is InChI=1S/C24H25N7O5/c32-19-7-6-17(22(35)26-19)30-11-13-9-14(4-5-15(13)23(30)36)31-12-16(28-29-31)21(34)27-24-8-2-1-3-18(24)25-20(33)10-24/h4-5,9,12,17-18H,1-3,6-8,10-11H2,(H,25,33)(H,27,34)(H,26,32,35)/t17?,18-,24+/m0/s1. The molecule has 3 N–H and O–H groups in total. The van der Waals surface area contributed by atoms with E-state index in [1.54, 1.807) is 18.2 Å². The minimum Gasteiger partial charge on any atom is -0.351 e. The van der Waals surface area contributed by atoms with E-state index in [2.05, 4.69) is 26.3 Å². The first-order valence-corrected chi connectivity index (χ1v) is 12.2. The summed E-state index contributed by atoms with van der Waals surface area (Å²) in [6.45, 7) is 0.237. The SMILES string of the molecule is O=C1CCC(N2Cc3cc(-n4cc(C(=O)N[C@@]56CCCC[C@@H]5NC(=O)C6)nn4)ccc3C2=O)C(=O)N1. The first kappa shape index (κ1) is 22.4. The lowest BCUT2D eigenvalue weighted by Gasteiger charge is -2.38. The van der Waals surface area contributed by atoms with Crippen LogP contribution in [0.4, 0.5) is 0 Å². The Balaban J connectivity index is 1.19. The molecule has 12 heteroatoms. The molecule has 3 fully saturated rings. The number of amides is 5. The van der Waals surface area contributed by atoms with Gasteiger partial charge in [-0.2, -0.15) is 0 Å². The Kier molecular flexibility index (Phi) is 5.13. The summed E-state index contributed by atoms with van der Waals surface area (Å²) in [6.07, 6.45) is 5.80. The van der Waals surface area contributed by atoms with Crippen LogP contribution in [0.15, 0.2) is 24.4 Å². The molecule has 1 aliphatic carbocycles. The van der Waals surface area contributed by atoms with E-state index in [1.807, 2.05) is 0 Å². The first-order chi connectivity index (χ1) is 17.3. The van der Waals surface area contributed by atoms with Crippen LogP contribution in [0.3, 0.4) is 0 Å². The zero-order valence-corrected chi connectivity index (χ0v) is 19.5. The zero-order valence-electron chi connectivity index (χ0n) is 19.5. The fourth-order valence-electron chi connectivity index (χ4n) is 5.87.